The van der Waals surface area contributed by atoms with E-state index in [4.69, 9.17) is 22.9 Å². The van der Waals surface area contributed by atoms with Crippen LogP contribution < -0.4 is 124 Å². The first-order valence-electron chi connectivity index (χ1n) is 49.0. The first kappa shape index (κ1) is 129. The molecule has 0 spiro atoms. The highest BCUT2D eigenvalue weighted by molar-refractivity contribution is 6.03. The molecule has 0 radical (unpaired) electrons. The molecule has 0 aliphatic rings. The number of nitrogens with one attached hydrogen (secondary N) is 19. The van der Waals surface area contributed by atoms with Gasteiger partial charge in [-0.15, -0.1) is 0 Å². The molecule has 20 amide bonds. The van der Waals surface area contributed by atoms with Crippen molar-refractivity contribution in [1.82, 2.24) is 101 Å². The molecule has 53 heteroatoms. The number of phenols is 1. The number of aliphatic hydroxyl groups is 1. The Hall–Kier alpha value is -15.4. The highest BCUT2D eigenvalue weighted by Crippen LogP contribution is 2.18. The van der Waals surface area contributed by atoms with E-state index in [1.807, 2.05) is 0 Å². The number of unbranched alkanes of at least 4 members (excludes halogenated alkanes) is 2. The summed E-state index contributed by atoms with van der Waals surface area (Å²) in [7, 11) is 0. The zero-order valence-electron chi connectivity index (χ0n) is 85.9. The predicted octanol–water partition coefficient (Wildman–Crippen LogP) is -7.27. The quantitative estimate of drug-likeness (QED) is 0.0234. The minimum Gasteiger partial charge on any atom is -0.508 e. The van der Waals surface area contributed by atoms with Crippen LogP contribution in [0.3, 0.4) is 0 Å². The second kappa shape index (κ2) is 66.0. The number of primary amides is 1. The third kappa shape index (κ3) is 48.5. The summed E-state index contributed by atoms with van der Waals surface area (Å²) in [4.78, 5) is 324. The van der Waals surface area contributed by atoms with Crippen LogP contribution >= 0.6 is 0 Å². The number of rotatable bonds is 69. The summed E-state index contributed by atoms with van der Waals surface area (Å²) < 4.78 is 0. The van der Waals surface area contributed by atoms with Crippen LogP contribution in [0.25, 0.3) is 0 Å². The Balaban J connectivity index is 1.77. The number of carbonyl (C=O) groups excluding carboxylic acids is 20. The van der Waals surface area contributed by atoms with E-state index in [9.17, 15) is 146 Å². The number of aliphatic carboxylic acids is 4. The topological polar surface area (TPSA) is 864 Å². The maximum Gasteiger partial charge on any atom is 0.326 e. The van der Waals surface area contributed by atoms with Crippen molar-refractivity contribution in [2.75, 3.05) is 32.8 Å². The zero-order chi connectivity index (χ0) is 113. The second-order valence-corrected chi connectivity index (χ2v) is 37.6. The molecule has 830 valence electrons. The van der Waals surface area contributed by atoms with Crippen LogP contribution in [-0.4, -0.2) is 314 Å². The van der Waals surface area contributed by atoms with Gasteiger partial charge in [-0.25, -0.2) is 4.79 Å². The molecule has 0 unspecified atom stereocenters. The van der Waals surface area contributed by atoms with E-state index >= 15 is 0 Å². The van der Waals surface area contributed by atoms with Crippen LogP contribution in [0, 0.1) is 23.7 Å². The summed E-state index contributed by atoms with van der Waals surface area (Å²) in [6.07, 6.45) is -4.44. The molecule has 150 heavy (non-hydrogen) atoms. The molecule has 0 saturated heterocycles. The number of carboxylic acid groups (broad SMARTS) is 4. The van der Waals surface area contributed by atoms with Crippen molar-refractivity contribution in [2.45, 2.75) is 295 Å². The fourth-order valence-electron chi connectivity index (χ4n) is 14.6. The summed E-state index contributed by atoms with van der Waals surface area (Å²) in [6, 6.07) is -6.70. The fraction of sp³-hybridized carbons (Fsp3) is 0.567. The number of phenolic OH excluding ortho intramolecular Hbond substituents is 1. The summed E-state index contributed by atoms with van der Waals surface area (Å²) >= 11 is 0. The smallest absolute Gasteiger partial charge is 0.326 e. The molecule has 0 saturated carbocycles. The van der Waals surface area contributed by atoms with Gasteiger partial charge in [0.15, 0.2) is 0 Å². The Labute approximate surface area is 866 Å². The van der Waals surface area contributed by atoms with Crippen LogP contribution in [0.2, 0.25) is 0 Å². The molecular formula is C97H147N23O30. The van der Waals surface area contributed by atoms with Gasteiger partial charge in [-0.3, -0.25) is 110 Å². The number of amides is 20. The van der Waals surface area contributed by atoms with E-state index < -0.39 is 326 Å². The van der Waals surface area contributed by atoms with Crippen molar-refractivity contribution >= 4 is 142 Å². The monoisotopic (exact) mass is 2110 g/mol. The molecule has 3 aromatic rings. The first-order chi connectivity index (χ1) is 70.5. The number of carboxylic acids is 4. The van der Waals surface area contributed by atoms with Crippen molar-refractivity contribution in [1.29, 1.82) is 0 Å². The van der Waals surface area contributed by atoms with Gasteiger partial charge >= 0.3 is 23.9 Å². The average molecular weight is 2120 g/mol. The molecule has 0 aromatic heterocycles. The van der Waals surface area contributed by atoms with Gasteiger partial charge in [0.2, 0.25) is 118 Å². The van der Waals surface area contributed by atoms with E-state index in [-0.39, 0.29) is 76.6 Å². The van der Waals surface area contributed by atoms with Crippen molar-refractivity contribution in [3.8, 4) is 5.75 Å². The lowest BCUT2D eigenvalue weighted by molar-refractivity contribution is -0.144. The van der Waals surface area contributed by atoms with Gasteiger partial charge in [0.25, 0.3) is 0 Å². The number of carbonyl (C=O) groups is 24. The van der Waals surface area contributed by atoms with Gasteiger partial charge in [-0.05, 0) is 151 Å². The number of hydrogen-bond acceptors (Lipinski definition) is 29. The van der Waals surface area contributed by atoms with Crippen LogP contribution in [0.15, 0.2) is 84.9 Å². The molecule has 0 fully saturated rings. The maximum atomic E-state index is 14.5. The second-order valence-electron chi connectivity index (χ2n) is 37.6. The molecule has 3 rings (SSSR count). The highest BCUT2D eigenvalue weighted by atomic mass is 16.4. The van der Waals surface area contributed by atoms with E-state index in [1.165, 1.54) is 72.7 Å². The van der Waals surface area contributed by atoms with Gasteiger partial charge < -0.3 is 155 Å². The number of hydrogen-bond donors (Lipinski definition) is 29. The molecule has 3 aromatic carbocycles. The standard InChI is InChI=1S/C97H147N23O30/c1-48(2)37-63(91(143)114-67(42-75(126)127)85(137)103-46-74(125)119-78(50(5)6)96(148)116-69(44-77(130)131)93(145)117-70(97(149)150)41-57-25-17-14-18-26-57)107-73(124)45-102-84(136)65(40-58-29-31-59(122)32-30-58)113-87(139)61(28-20-22-36-99)109-82(134)54(11)106-95(147)79(51(7)8)120-83(135)55(12)105-90(142)68(43-76(128)129)115-94(146)71(47-121)118-92(144)64(38-49(3)4)112-88(140)62(33-34-72(101)123)110-86(138)60(27-19-21-35-98)108-81(133)53(10)104-89(141)66(111-80(132)52(9)100)39-56-23-15-13-16-24-56/h13-18,23-26,29-32,48-55,60-71,78-79,121-122H,19-22,27-28,33-47,98-100H2,1-12H3,(H2,101,123)(H,102,136)(H,103,137)(H,104,141)(H,105,142)(H,106,147)(H,107,124)(H,108,133)(H,109,134)(H,110,138)(H,111,132)(H,112,140)(H,113,139)(H,114,143)(H,115,146)(H,116,148)(H,117,145)(H,118,144)(H,119,125)(H,120,135)(H,126,127)(H,128,129)(H,130,131)(H,149,150)/t52-,53-,54-,55-,60-,61-,62-,63-,64-,65-,66-,67-,68-,69-,70-,71-,78-,79-/m0/s1. The van der Waals surface area contributed by atoms with E-state index in [1.54, 1.807) is 88.4 Å². The number of aliphatic hydroxyl groups excluding tert-OH is 1. The molecule has 0 bridgehead atoms. The molecule has 33 N–H and O–H groups in total. The molecule has 0 aliphatic heterocycles. The Morgan fingerprint density at radius 2 is 0.587 bits per heavy atom. The third-order valence-electron chi connectivity index (χ3n) is 22.9. The lowest BCUT2D eigenvalue weighted by Gasteiger charge is -2.28. The normalized spacial score (nSPS) is 14.7. The Kier molecular flexibility index (Phi) is 56.7. The zero-order valence-corrected chi connectivity index (χ0v) is 85.9. The molecule has 18 atom stereocenters. The van der Waals surface area contributed by atoms with Gasteiger partial charge in [0.1, 0.15) is 108 Å². The first-order valence-corrected chi connectivity index (χ1v) is 49.0. The van der Waals surface area contributed by atoms with E-state index in [0.29, 0.717) is 29.5 Å². The Bertz CT molecular complexity index is 5110. The minimum absolute atomic E-state index is 0.000791. The molecule has 0 aliphatic carbocycles. The van der Waals surface area contributed by atoms with Crippen molar-refractivity contribution in [3.05, 3.63) is 102 Å². The summed E-state index contributed by atoms with van der Waals surface area (Å²) in [5, 5.41) is 105. The van der Waals surface area contributed by atoms with Crippen molar-refractivity contribution < 1.29 is 146 Å². The summed E-state index contributed by atoms with van der Waals surface area (Å²) in [5.74, 6) is -30.2. The van der Waals surface area contributed by atoms with Crippen molar-refractivity contribution in [2.24, 2.45) is 46.6 Å². The Morgan fingerprint density at radius 1 is 0.293 bits per heavy atom. The molecule has 53 nitrogen and oxygen atoms in total. The number of benzene rings is 3. The SMILES string of the molecule is CC(C)C[C@H](NC(=O)CNC(=O)[C@H](Cc1ccc(O)cc1)NC(=O)[C@H](CCCCN)NC(=O)[C@H](C)NC(=O)[C@@H](NC(=O)[C@H](C)NC(=O)[C@H](CC(=O)O)NC(=O)[C@H](CO)NC(=O)[C@H](CC(C)C)NC(=O)[C@H](CCC(N)=O)NC(=O)[C@H](CCCCN)NC(=O)[C@H](C)NC(=O)[C@H](Cc1ccccc1)NC(=O)[C@H](C)N)C(C)C)C(=O)N[C@@H](CC(=O)O)C(=O)NCC(=O)N[C@H](C(=O)N[C@@H](CC(=O)O)C(=O)N[C@@H](Cc1ccccc1)C(=O)O)C(C)C. The van der Waals surface area contributed by atoms with Gasteiger partial charge in [-0.1, -0.05) is 128 Å². The largest absolute Gasteiger partial charge is 0.508 e. The van der Waals surface area contributed by atoms with Gasteiger partial charge in [0.05, 0.1) is 45.0 Å². The molecular weight excluding hydrogens is 1970 g/mol. The minimum atomic E-state index is -2.08. The highest BCUT2D eigenvalue weighted by Gasteiger charge is 2.41. The van der Waals surface area contributed by atoms with E-state index in [2.05, 4.69) is 101 Å². The van der Waals surface area contributed by atoms with Crippen LogP contribution in [0.1, 0.15) is 183 Å². The fourth-order valence-corrected chi connectivity index (χ4v) is 14.6. The number of nitrogens with two attached hydrogens (primary N) is 4. The van der Waals surface area contributed by atoms with Crippen LogP contribution in [0.4, 0.5) is 0 Å². The summed E-state index contributed by atoms with van der Waals surface area (Å²) in [5.41, 5.74) is 24.3. The Morgan fingerprint density at radius 3 is 0.993 bits per heavy atom. The van der Waals surface area contributed by atoms with Crippen LogP contribution in [-0.2, 0) is 134 Å². The molecule has 0 heterocycles. The summed E-state index contributed by atoms with van der Waals surface area (Å²) in [6.45, 7) is 14.5. The number of aromatic hydroxyl groups is 1. The lowest BCUT2D eigenvalue weighted by atomic mass is 10.0. The van der Waals surface area contributed by atoms with Gasteiger partial charge in [0, 0.05) is 25.7 Å². The predicted molar refractivity (Wildman–Crippen MR) is 536 cm³/mol. The van der Waals surface area contributed by atoms with E-state index in [0.717, 1.165) is 6.92 Å². The maximum absolute atomic E-state index is 14.5. The van der Waals surface area contributed by atoms with Crippen LogP contribution in [0.5, 0.6) is 5.75 Å². The third-order valence-corrected chi connectivity index (χ3v) is 22.9. The average Bonchev–Trinajstić information content (AvgIpc) is 0.856. The van der Waals surface area contributed by atoms with Crippen molar-refractivity contribution in [3.63, 3.8) is 0 Å². The lowest BCUT2D eigenvalue weighted by Crippen LogP contribution is -2.61. The van der Waals surface area contributed by atoms with Gasteiger partial charge in [-0.2, -0.15) is 0 Å².